The number of hydrogen-bond donors (Lipinski definition) is 2. The molecule has 0 bridgehead atoms. The van der Waals surface area contributed by atoms with E-state index in [1.54, 1.807) is 7.11 Å². The Hall–Kier alpha value is -2.86. The zero-order valence-corrected chi connectivity index (χ0v) is 21.8. The fourth-order valence-corrected chi connectivity index (χ4v) is 5.24. The van der Waals surface area contributed by atoms with Gasteiger partial charge in [0.05, 0.1) is 19.6 Å². The lowest BCUT2D eigenvalue weighted by atomic mass is 9.83. The number of carbonyl (C=O) groups is 2. The molecule has 1 atom stereocenters. The molecule has 0 aromatic heterocycles. The summed E-state index contributed by atoms with van der Waals surface area (Å²) in [6, 6.07) is 18.0. The van der Waals surface area contributed by atoms with Crippen molar-refractivity contribution in [3.63, 3.8) is 0 Å². The highest BCUT2D eigenvalue weighted by molar-refractivity contribution is 5.79. The van der Waals surface area contributed by atoms with Gasteiger partial charge in [-0.05, 0) is 68.2 Å². The average Bonchev–Trinajstić information content (AvgIpc) is 2.86. The third kappa shape index (κ3) is 7.57. The Labute approximate surface area is 215 Å². The zero-order chi connectivity index (χ0) is 25.4. The summed E-state index contributed by atoms with van der Waals surface area (Å²) < 4.78 is 5.20. The van der Waals surface area contributed by atoms with Crippen molar-refractivity contribution in [1.29, 1.82) is 0 Å². The Kier molecular flexibility index (Phi) is 9.03. The highest BCUT2D eigenvalue weighted by Crippen LogP contribution is 2.30. The molecular formula is C30H41N3O3. The third-order valence-corrected chi connectivity index (χ3v) is 7.89. The maximum Gasteiger partial charge on any atom is 0.224 e. The van der Waals surface area contributed by atoms with E-state index in [1.165, 1.54) is 24.8 Å². The lowest BCUT2D eigenvalue weighted by Gasteiger charge is -2.40. The molecule has 4 rings (SSSR count). The number of nitrogens with zero attached hydrogens (tertiary/aromatic N) is 1. The van der Waals surface area contributed by atoms with Gasteiger partial charge in [-0.15, -0.1) is 0 Å². The molecule has 2 aliphatic rings. The second kappa shape index (κ2) is 12.4. The van der Waals surface area contributed by atoms with Crippen LogP contribution in [0.15, 0.2) is 54.6 Å². The lowest BCUT2D eigenvalue weighted by molar-refractivity contribution is -0.123. The van der Waals surface area contributed by atoms with Crippen molar-refractivity contribution in [2.75, 3.05) is 26.7 Å². The van der Waals surface area contributed by atoms with Crippen LogP contribution < -0.4 is 15.4 Å². The Morgan fingerprint density at radius 2 is 1.72 bits per heavy atom. The minimum Gasteiger partial charge on any atom is -0.497 e. The monoisotopic (exact) mass is 491 g/mol. The van der Waals surface area contributed by atoms with Gasteiger partial charge in [0.2, 0.25) is 11.8 Å². The number of nitrogens with one attached hydrogen (secondary N) is 2. The Morgan fingerprint density at radius 1 is 1.03 bits per heavy atom. The summed E-state index contributed by atoms with van der Waals surface area (Å²) in [6.45, 7) is 4.97. The molecule has 1 aliphatic heterocycles. The molecule has 2 aromatic carbocycles. The third-order valence-electron chi connectivity index (χ3n) is 7.89. The van der Waals surface area contributed by atoms with Crippen molar-refractivity contribution in [1.82, 2.24) is 15.5 Å². The summed E-state index contributed by atoms with van der Waals surface area (Å²) >= 11 is 0. The van der Waals surface area contributed by atoms with Crippen molar-refractivity contribution < 1.29 is 14.3 Å². The smallest absolute Gasteiger partial charge is 0.224 e. The molecular weight excluding hydrogens is 450 g/mol. The van der Waals surface area contributed by atoms with E-state index in [0.717, 1.165) is 50.2 Å². The van der Waals surface area contributed by atoms with Crippen LogP contribution in [0, 0.1) is 5.92 Å². The normalized spacial score (nSPS) is 18.6. The molecule has 0 radical (unpaired) electrons. The van der Waals surface area contributed by atoms with Gasteiger partial charge in [-0.1, -0.05) is 48.9 Å². The van der Waals surface area contributed by atoms with Crippen molar-refractivity contribution in [2.24, 2.45) is 5.92 Å². The summed E-state index contributed by atoms with van der Waals surface area (Å²) in [4.78, 5) is 27.8. The number of benzene rings is 2. The number of likely N-dealkylation sites (tertiary alicyclic amines) is 1. The van der Waals surface area contributed by atoms with E-state index in [1.807, 2.05) is 42.5 Å². The van der Waals surface area contributed by atoms with Crippen molar-refractivity contribution in [2.45, 2.75) is 69.9 Å². The minimum atomic E-state index is -0.185. The van der Waals surface area contributed by atoms with Gasteiger partial charge < -0.3 is 20.3 Å². The first-order valence-corrected chi connectivity index (χ1v) is 13.4. The molecule has 2 fully saturated rings. The zero-order valence-electron chi connectivity index (χ0n) is 21.8. The highest BCUT2D eigenvalue weighted by Gasteiger charge is 2.32. The number of amides is 2. The molecule has 1 unspecified atom stereocenters. The van der Waals surface area contributed by atoms with Crippen LogP contribution in [0.5, 0.6) is 5.75 Å². The van der Waals surface area contributed by atoms with Gasteiger partial charge in [0, 0.05) is 31.6 Å². The average molecular weight is 492 g/mol. The van der Waals surface area contributed by atoms with E-state index in [-0.39, 0.29) is 23.4 Å². The number of ether oxygens (including phenoxy) is 1. The number of methoxy groups -OCH3 is 1. The fraction of sp³-hybridized carbons (Fsp3) is 0.533. The number of carbonyl (C=O) groups excluding carboxylic acids is 2. The van der Waals surface area contributed by atoms with Crippen LogP contribution >= 0.6 is 0 Å². The summed E-state index contributed by atoms with van der Waals surface area (Å²) in [5, 5.41) is 6.60. The van der Waals surface area contributed by atoms with Crippen molar-refractivity contribution >= 4 is 11.8 Å². The summed E-state index contributed by atoms with van der Waals surface area (Å²) in [5.74, 6) is 1.61. The van der Waals surface area contributed by atoms with Gasteiger partial charge in [-0.25, -0.2) is 0 Å². The van der Waals surface area contributed by atoms with Crippen molar-refractivity contribution in [3.05, 3.63) is 65.7 Å². The molecule has 1 saturated heterocycles. The van der Waals surface area contributed by atoms with Crippen LogP contribution in [-0.4, -0.2) is 49.0 Å². The highest BCUT2D eigenvalue weighted by atomic mass is 16.5. The number of piperidine rings is 1. The maximum absolute atomic E-state index is 12.7. The van der Waals surface area contributed by atoms with E-state index in [9.17, 15) is 9.59 Å². The Balaban J connectivity index is 1.24. The van der Waals surface area contributed by atoms with Gasteiger partial charge in [-0.2, -0.15) is 0 Å². The fourth-order valence-electron chi connectivity index (χ4n) is 5.24. The number of hydrogen-bond acceptors (Lipinski definition) is 4. The van der Waals surface area contributed by atoms with Gasteiger partial charge >= 0.3 is 0 Å². The molecule has 1 aliphatic carbocycles. The Morgan fingerprint density at radius 3 is 2.33 bits per heavy atom. The van der Waals surface area contributed by atoms with E-state index in [2.05, 4.69) is 34.6 Å². The van der Waals surface area contributed by atoms with Crippen molar-refractivity contribution in [3.8, 4) is 5.75 Å². The van der Waals surface area contributed by atoms with E-state index < -0.39 is 0 Å². The molecule has 194 valence electrons. The van der Waals surface area contributed by atoms with Gasteiger partial charge in [0.15, 0.2) is 0 Å². The molecule has 36 heavy (non-hydrogen) atoms. The van der Waals surface area contributed by atoms with Crippen LogP contribution in [0.4, 0.5) is 0 Å². The molecule has 2 N–H and O–H groups in total. The van der Waals surface area contributed by atoms with Crippen LogP contribution in [0.3, 0.4) is 0 Å². The van der Waals surface area contributed by atoms with Gasteiger partial charge in [-0.3, -0.25) is 9.59 Å². The predicted octanol–water partition coefficient (Wildman–Crippen LogP) is 4.65. The molecule has 2 amide bonds. The summed E-state index contributed by atoms with van der Waals surface area (Å²) in [6.07, 6.45) is 7.40. The summed E-state index contributed by atoms with van der Waals surface area (Å²) in [5.41, 5.74) is 1.98. The Bertz CT molecular complexity index is 980. The first-order valence-electron chi connectivity index (χ1n) is 13.4. The standard InChI is InChI=1S/C30H41N3O3/c1-30(32-29(35)22-24-11-13-26(36-2)14-12-24)16-19-33(20-17-30)18-15-27(25-9-4-3-5-10-25)31-28(34)21-23-7-6-8-23/h3-5,9-14,23,27H,6-8,15-22H2,1-2H3,(H,31,34)(H,32,35). The quantitative estimate of drug-likeness (QED) is 0.480. The molecule has 1 heterocycles. The van der Waals surface area contributed by atoms with Gasteiger partial charge in [0.25, 0.3) is 0 Å². The number of rotatable bonds is 11. The van der Waals surface area contributed by atoms with Gasteiger partial charge in [0.1, 0.15) is 5.75 Å². The van der Waals surface area contributed by atoms with Crippen LogP contribution in [0.25, 0.3) is 0 Å². The van der Waals surface area contributed by atoms with E-state index in [4.69, 9.17) is 4.74 Å². The largest absolute Gasteiger partial charge is 0.497 e. The minimum absolute atomic E-state index is 0.0382. The summed E-state index contributed by atoms with van der Waals surface area (Å²) in [7, 11) is 1.64. The van der Waals surface area contributed by atoms with Crippen LogP contribution in [0.2, 0.25) is 0 Å². The molecule has 1 saturated carbocycles. The first-order chi connectivity index (χ1) is 17.4. The van der Waals surface area contributed by atoms with Crippen LogP contribution in [-0.2, 0) is 16.0 Å². The van der Waals surface area contributed by atoms with Crippen LogP contribution in [0.1, 0.15) is 69.0 Å². The SMILES string of the molecule is COc1ccc(CC(=O)NC2(C)CCN(CCC(NC(=O)CC3CCC3)c3ccccc3)CC2)cc1. The molecule has 6 nitrogen and oxygen atoms in total. The first kappa shape index (κ1) is 26.2. The maximum atomic E-state index is 12.7. The second-order valence-electron chi connectivity index (χ2n) is 10.8. The molecule has 6 heteroatoms. The van der Waals surface area contributed by atoms with E-state index in [0.29, 0.717) is 18.8 Å². The lowest BCUT2D eigenvalue weighted by Crippen LogP contribution is -2.54. The predicted molar refractivity (Wildman–Crippen MR) is 143 cm³/mol. The molecule has 0 spiro atoms. The second-order valence-corrected chi connectivity index (χ2v) is 10.8. The van der Waals surface area contributed by atoms with E-state index >= 15 is 0 Å². The topological polar surface area (TPSA) is 70.7 Å². The molecule has 2 aromatic rings.